The standard InChI is InChI=1S/C20H16N4OS2/c26-20-23-22-19(18-11-6-12-27-18)24(20)21-13-15-7-4-5-8-16(15)14-25-17-9-2-1-3-10-17/h1-13H,14H2,(H,23,26)/b21-13-. The van der Waals surface area contributed by atoms with E-state index in [1.54, 1.807) is 22.2 Å². The fraction of sp³-hybridized carbons (Fsp3) is 0.0500. The molecule has 0 spiro atoms. The molecule has 2 aromatic heterocycles. The highest BCUT2D eigenvalue weighted by molar-refractivity contribution is 7.71. The van der Waals surface area contributed by atoms with Gasteiger partial charge in [0.15, 0.2) is 5.82 Å². The molecule has 0 saturated carbocycles. The molecule has 134 valence electrons. The van der Waals surface area contributed by atoms with Crippen molar-refractivity contribution in [1.82, 2.24) is 14.9 Å². The second-order valence-corrected chi connectivity index (χ2v) is 7.02. The molecule has 0 radical (unpaired) electrons. The number of nitrogens with zero attached hydrogens (tertiary/aromatic N) is 3. The van der Waals surface area contributed by atoms with Crippen LogP contribution >= 0.6 is 23.6 Å². The molecule has 0 atom stereocenters. The van der Waals surface area contributed by atoms with Crippen molar-refractivity contribution in [2.45, 2.75) is 6.61 Å². The van der Waals surface area contributed by atoms with Crippen LogP contribution in [-0.4, -0.2) is 21.1 Å². The van der Waals surface area contributed by atoms with Gasteiger partial charge in [0.05, 0.1) is 11.1 Å². The van der Waals surface area contributed by atoms with Crippen LogP contribution in [0.1, 0.15) is 11.1 Å². The zero-order valence-corrected chi connectivity index (χ0v) is 15.9. The van der Waals surface area contributed by atoms with Gasteiger partial charge in [-0.05, 0) is 41.4 Å². The minimum atomic E-state index is 0.452. The Morgan fingerprint density at radius 3 is 2.70 bits per heavy atom. The van der Waals surface area contributed by atoms with Crippen molar-refractivity contribution in [2.24, 2.45) is 5.10 Å². The van der Waals surface area contributed by atoms with Crippen LogP contribution in [0.25, 0.3) is 10.7 Å². The monoisotopic (exact) mass is 392 g/mol. The van der Waals surface area contributed by atoms with E-state index in [1.807, 2.05) is 72.1 Å². The van der Waals surface area contributed by atoms with Gasteiger partial charge in [-0.1, -0.05) is 48.5 Å². The van der Waals surface area contributed by atoms with Gasteiger partial charge < -0.3 is 4.74 Å². The smallest absolute Gasteiger partial charge is 0.216 e. The predicted octanol–water partition coefficient (Wildman–Crippen LogP) is 5.13. The third-order valence-corrected chi connectivity index (χ3v) is 5.03. The molecule has 0 amide bonds. The lowest BCUT2D eigenvalue weighted by atomic mass is 10.1. The van der Waals surface area contributed by atoms with Crippen LogP contribution in [0.5, 0.6) is 5.75 Å². The van der Waals surface area contributed by atoms with Gasteiger partial charge in [0.1, 0.15) is 12.4 Å². The topological polar surface area (TPSA) is 55.2 Å². The summed E-state index contributed by atoms with van der Waals surface area (Å²) in [7, 11) is 0. The van der Waals surface area contributed by atoms with E-state index in [1.165, 1.54) is 0 Å². The number of para-hydroxylation sites is 1. The molecule has 4 rings (SSSR count). The molecule has 0 fully saturated rings. The Morgan fingerprint density at radius 2 is 1.89 bits per heavy atom. The normalized spacial score (nSPS) is 11.1. The molecule has 4 aromatic rings. The van der Waals surface area contributed by atoms with Crippen molar-refractivity contribution < 1.29 is 4.74 Å². The summed E-state index contributed by atoms with van der Waals surface area (Å²) in [5, 5.41) is 13.6. The number of aromatic nitrogens is 3. The predicted molar refractivity (Wildman–Crippen MR) is 111 cm³/mol. The summed E-state index contributed by atoms with van der Waals surface area (Å²) in [5.74, 6) is 1.53. The first-order valence-corrected chi connectivity index (χ1v) is 9.61. The highest BCUT2D eigenvalue weighted by Gasteiger charge is 2.09. The van der Waals surface area contributed by atoms with Crippen LogP contribution in [0.2, 0.25) is 0 Å². The molecule has 0 aliphatic heterocycles. The van der Waals surface area contributed by atoms with Crippen molar-refractivity contribution in [2.75, 3.05) is 0 Å². The summed E-state index contributed by atoms with van der Waals surface area (Å²) in [6, 6.07) is 21.7. The fourth-order valence-electron chi connectivity index (χ4n) is 2.55. The quantitative estimate of drug-likeness (QED) is 0.365. The van der Waals surface area contributed by atoms with E-state index in [9.17, 15) is 0 Å². The van der Waals surface area contributed by atoms with Crippen LogP contribution in [0.15, 0.2) is 77.2 Å². The summed E-state index contributed by atoms with van der Waals surface area (Å²) < 4.78 is 7.96. The van der Waals surface area contributed by atoms with Crippen LogP contribution in [0.3, 0.4) is 0 Å². The van der Waals surface area contributed by atoms with Crippen molar-refractivity contribution in [3.63, 3.8) is 0 Å². The minimum absolute atomic E-state index is 0.452. The second-order valence-electron chi connectivity index (χ2n) is 5.69. The van der Waals surface area contributed by atoms with Gasteiger partial charge in [-0.25, -0.2) is 5.10 Å². The van der Waals surface area contributed by atoms with E-state index in [0.717, 1.165) is 21.8 Å². The van der Waals surface area contributed by atoms with Crippen molar-refractivity contribution >= 4 is 29.8 Å². The molecule has 0 saturated heterocycles. The number of ether oxygens (including phenoxy) is 1. The summed E-state index contributed by atoms with van der Waals surface area (Å²) in [5.41, 5.74) is 2.01. The van der Waals surface area contributed by atoms with Crippen LogP contribution in [0, 0.1) is 4.77 Å². The van der Waals surface area contributed by atoms with Gasteiger partial charge in [-0.3, -0.25) is 0 Å². The largest absolute Gasteiger partial charge is 0.489 e. The van der Waals surface area contributed by atoms with Crippen molar-refractivity contribution in [1.29, 1.82) is 0 Å². The molecule has 0 aliphatic rings. The van der Waals surface area contributed by atoms with E-state index < -0.39 is 0 Å². The van der Waals surface area contributed by atoms with Crippen LogP contribution < -0.4 is 4.74 Å². The first kappa shape index (κ1) is 17.4. The molecule has 5 nitrogen and oxygen atoms in total. The zero-order chi connectivity index (χ0) is 18.5. The van der Waals surface area contributed by atoms with Gasteiger partial charge in [0.25, 0.3) is 0 Å². The average Bonchev–Trinajstić information content (AvgIpc) is 3.36. The van der Waals surface area contributed by atoms with E-state index >= 15 is 0 Å². The molecular formula is C20H16N4OS2. The summed E-state index contributed by atoms with van der Waals surface area (Å²) >= 11 is 6.91. The van der Waals surface area contributed by atoms with Gasteiger partial charge in [0.2, 0.25) is 4.77 Å². The number of hydrogen-bond donors (Lipinski definition) is 1. The number of aromatic amines is 1. The number of rotatable bonds is 6. The van der Waals surface area contributed by atoms with E-state index in [0.29, 0.717) is 17.2 Å². The third kappa shape index (κ3) is 4.05. The van der Waals surface area contributed by atoms with E-state index in [-0.39, 0.29) is 0 Å². The number of H-pyrrole nitrogens is 1. The molecule has 7 heteroatoms. The fourth-order valence-corrected chi connectivity index (χ4v) is 3.43. The van der Waals surface area contributed by atoms with Gasteiger partial charge in [-0.15, -0.1) is 11.3 Å². The van der Waals surface area contributed by atoms with E-state index in [2.05, 4.69) is 15.3 Å². The first-order valence-electron chi connectivity index (χ1n) is 8.32. The maximum atomic E-state index is 5.87. The Balaban J connectivity index is 1.59. The van der Waals surface area contributed by atoms with Gasteiger partial charge in [0, 0.05) is 5.56 Å². The maximum absolute atomic E-state index is 5.87. The highest BCUT2D eigenvalue weighted by atomic mass is 32.1. The first-order chi connectivity index (χ1) is 13.3. The highest BCUT2D eigenvalue weighted by Crippen LogP contribution is 2.22. The van der Waals surface area contributed by atoms with Gasteiger partial charge >= 0.3 is 0 Å². The molecular weight excluding hydrogens is 376 g/mol. The molecule has 27 heavy (non-hydrogen) atoms. The number of nitrogens with one attached hydrogen (secondary N) is 1. The van der Waals surface area contributed by atoms with Gasteiger partial charge in [-0.2, -0.15) is 14.9 Å². The van der Waals surface area contributed by atoms with E-state index in [4.69, 9.17) is 17.0 Å². The number of thiophene rings is 1. The molecule has 1 N–H and O–H groups in total. The summed E-state index contributed by atoms with van der Waals surface area (Å²) in [6.07, 6.45) is 1.78. The Kier molecular flexibility index (Phi) is 5.22. The Hall–Kier alpha value is -3.03. The molecule has 0 unspecified atom stereocenters. The zero-order valence-electron chi connectivity index (χ0n) is 14.3. The summed E-state index contributed by atoms with van der Waals surface area (Å²) in [4.78, 5) is 1.00. The number of hydrogen-bond acceptors (Lipinski definition) is 5. The summed E-state index contributed by atoms with van der Waals surface area (Å²) in [6.45, 7) is 0.459. The third-order valence-electron chi connectivity index (χ3n) is 3.90. The van der Waals surface area contributed by atoms with Crippen molar-refractivity contribution in [3.8, 4) is 16.5 Å². The molecule has 0 bridgehead atoms. The number of benzene rings is 2. The van der Waals surface area contributed by atoms with Crippen LogP contribution in [-0.2, 0) is 6.61 Å². The molecule has 2 heterocycles. The Morgan fingerprint density at radius 1 is 1.07 bits per heavy atom. The average molecular weight is 393 g/mol. The second kappa shape index (κ2) is 8.11. The van der Waals surface area contributed by atoms with Crippen molar-refractivity contribution in [3.05, 3.63) is 88.0 Å². The lowest BCUT2D eigenvalue weighted by Gasteiger charge is -2.08. The lowest BCUT2D eigenvalue weighted by molar-refractivity contribution is 0.306. The Bertz CT molecular complexity index is 1100. The molecule has 2 aromatic carbocycles. The maximum Gasteiger partial charge on any atom is 0.216 e. The minimum Gasteiger partial charge on any atom is -0.489 e. The SMILES string of the molecule is S=c1[nH]nc(-c2cccs2)n1/N=C\c1ccccc1COc1ccccc1. The lowest BCUT2D eigenvalue weighted by Crippen LogP contribution is -2.01. The Labute approximate surface area is 165 Å². The molecule has 0 aliphatic carbocycles. The van der Waals surface area contributed by atoms with Crippen LogP contribution in [0.4, 0.5) is 0 Å².